The number of hydrogen-bond donors (Lipinski definition) is 1. The van der Waals surface area contributed by atoms with Crippen LogP contribution in [-0.4, -0.2) is 28.9 Å². The molecule has 0 saturated carbocycles. The van der Waals surface area contributed by atoms with Crippen molar-refractivity contribution in [2.45, 2.75) is 52.5 Å². The molecule has 28 heavy (non-hydrogen) atoms. The van der Waals surface area contributed by atoms with E-state index >= 15 is 0 Å². The Bertz CT molecular complexity index is 825. The maximum atomic E-state index is 13.7. The van der Waals surface area contributed by atoms with Crippen molar-refractivity contribution in [3.05, 3.63) is 52.6 Å². The standard InChI is InChI=1S/C22H30FN3O2/c1-4-19-18(20(5-2)26(3)25-19)15-24-21(27)22(9-11-28-12-10-22)14-16-7-6-8-17(23)13-16/h6-8,13H,4-5,9-12,14-15H2,1-3H3,(H,24,27). The second-order valence-corrected chi connectivity index (χ2v) is 7.58. The largest absolute Gasteiger partial charge is 0.381 e. The molecule has 0 unspecified atom stereocenters. The number of nitrogens with one attached hydrogen (secondary N) is 1. The van der Waals surface area contributed by atoms with Gasteiger partial charge in [0.05, 0.1) is 11.1 Å². The number of carbonyl (C=O) groups is 1. The summed E-state index contributed by atoms with van der Waals surface area (Å²) in [6, 6.07) is 6.54. The first-order chi connectivity index (χ1) is 13.5. The van der Waals surface area contributed by atoms with Crippen LogP contribution in [0.5, 0.6) is 0 Å². The van der Waals surface area contributed by atoms with Crippen molar-refractivity contribution in [2.75, 3.05) is 13.2 Å². The van der Waals surface area contributed by atoms with Crippen LogP contribution in [0.25, 0.3) is 0 Å². The van der Waals surface area contributed by atoms with E-state index in [0.717, 1.165) is 35.4 Å². The molecule has 6 heteroatoms. The summed E-state index contributed by atoms with van der Waals surface area (Å²) in [5.74, 6) is -0.247. The topological polar surface area (TPSA) is 56.2 Å². The molecule has 2 aromatic rings. The molecule has 1 aromatic carbocycles. The van der Waals surface area contributed by atoms with Crippen molar-refractivity contribution in [1.29, 1.82) is 0 Å². The molecule has 1 fully saturated rings. The number of aryl methyl sites for hydroxylation is 2. The molecule has 152 valence electrons. The molecular weight excluding hydrogens is 357 g/mol. The van der Waals surface area contributed by atoms with Crippen molar-refractivity contribution in [1.82, 2.24) is 15.1 Å². The van der Waals surface area contributed by atoms with Gasteiger partial charge in [-0.25, -0.2) is 4.39 Å². The molecule has 1 aromatic heterocycles. The SMILES string of the molecule is CCc1nn(C)c(CC)c1CNC(=O)C1(Cc2cccc(F)c2)CCOCC1. The lowest BCUT2D eigenvalue weighted by molar-refractivity contribution is -0.136. The van der Waals surface area contributed by atoms with Crippen LogP contribution in [0, 0.1) is 11.2 Å². The summed E-state index contributed by atoms with van der Waals surface area (Å²) in [5, 5.41) is 7.75. The minimum atomic E-state index is -0.562. The van der Waals surface area contributed by atoms with E-state index < -0.39 is 5.41 Å². The number of ether oxygens (including phenoxy) is 1. The highest BCUT2D eigenvalue weighted by molar-refractivity contribution is 5.83. The molecule has 1 saturated heterocycles. The van der Waals surface area contributed by atoms with Crippen molar-refractivity contribution < 1.29 is 13.9 Å². The Balaban J connectivity index is 1.79. The first kappa shape index (κ1) is 20.5. The number of amides is 1. The Hall–Kier alpha value is -2.21. The van der Waals surface area contributed by atoms with Gasteiger partial charge in [0.2, 0.25) is 5.91 Å². The molecule has 0 aliphatic carbocycles. The predicted octanol–water partition coefficient (Wildman–Crippen LogP) is 3.34. The second kappa shape index (κ2) is 8.86. The maximum absolute atomic E-state index is 13.7. The van der Waals surface area contributed by atoms with Gasteiger partial charge < -0.3 is 10.1 Å². The smallest absolute Gasteiger partial charge is 0.226 e. The van der Waals surface area contributed by atoms with Gasteiger partial charge in [0.15, 0.2) is 0 Å². The van der Waals surface area contributed by atoms with E-state index in [-0.39, 0.29) is 11.7 Å². The molecule has 3 rings (SSSR count). The summed E-state index contributed by atoms with van der Waals surface area (Å²) in [7, 11) is 1.95. The van der Waals surface area contributed by atoms with Gasteiger partial charge in [0, 0.05) is 38.1 Å². The lowest BCUT2D eigenvalue weighted by Gasteiger charge is -2.36. The quantitative estimate of drug-likeness (QED) is 0.793. The average molecular weight is 387 g/mol. The monoisotopic (exact) mass is 387 g/mol. The van der Waals surface area contributed by atoms with Gasteiger partial charge in [0.1, 0.15) is 5.82 Å². The second-order valence-electron chi connectivity index (χ2n) is 7.58. The number of hydrogen-bond acceptors (Lipinski definition) is 3. The summed E-state index contributed by atoms with van der Waals surface area (Å²) >= 11 is 0. The van der Waals surface area contributed by atoms with Gasteiger partial charge in [-0.3, -0.25) is 9.48 Å². The highest BCUT2D eigenvalue weighted by atomic mass is 19.1. The maximum Gasteiger partial charge on any atom is 0.226 e. The van der Waals surface area contributed by atoms with Crippen molar-refractivity contribution in [3.8, 4) is 0 Å². The summed E-state index contributed by atoms with van der Waals surface area (Å²) in [6.45, 7) is 5.76. The van der Waals surface area contributed by atoms with Gasteiger partial charge in [-0.05, 0) is 49.8 Å². The third-order valence-electron chi connectivity index (χ3n) is 5.82. The van der Waals surface area contributed by atoms with Crippen LogP contribution in [-0.2, 0) is 42.4 Å². The molecule has 0 atom stereocenters. The molecular formula is C22H30FN3O2. The van der Waals surface area contributed by atoms with Crippen LogP contribution in [0.4, 0.5) is 4.39 Å². The van der Waals surface area contributed by atoms with Crippen molar-refractivity contribution in [2.24, 2.45) is 12.5 Å². The normalized spacial score (nSPS) is 16.1. The lowest BCUT2D eigenvalue weighted by Crippen LogP contribution is -2.46. The summed E-state index contributed by atoms with van der Waals surface area (Å²) in [6.07, 6.45) is 3.51. The van der Waals surface area contributed by atoms with Gasteiger partial charge in [-0.2, -0.15) is 5.10 Å². The van der Waals surface area contributed by atoms with Crippen LogP contribution in [0.1, 0.15) is 49.2 Å². The van der Waals surface area contributed by atoms with E-state index in [1.54, 1.807) is 6.07 Å². The van der Waals surface area contributed by atoms with E-state index in [2.05, 4.69) is 24.3 Å². The van der Waals surface area contributed by atoms with Gasteiger partial charge in [-0.15, -0.1) is 0 Å². The Kier molecular flexibility index (Phi) is 6.50. The molecule has 5 nitrogen and oxygen atoms in total. The first-order valence-electron chi connectivity index (χ1n) is 10.1. The number of carbonyl (C=O) groups excluding carboxylic acids is 1. The first-order valence-corrected chi connectivity index (χ1v) is 10.1. The Morgan fingerprint density at radius 1 is 1.29 bits per heavy atom. The van der Waals surface area contributed by atoms with E-state index in [4.69, 9.17) is 4.74 Å². The van der Waals surface area contributed by atoms with Crippen molar-refractivity contribution >= 4 is 5.91 Å². The molecule has 0 bridgehead atoms. The Morgan fingerprint density at radius 2 is 2.04 bits per heavy atom. The van der Waals surface area contributed by atoms with Crippen LogP contribution in [0.3, 0.4) is 0 Å². The van der Waals surface area contributed by atoms with Crippen LogP contribution in [0.15, 0.2) is 24.3 Å². The third-order valence-corrected chi connectivity index (χ3v) is 5.82. The van der Waals surface area contributed by atoms with E-state index in [0.29, 0.717) is 39.0 Å². The Labute approximate surface area is 166 Å². The number of aromatic nitrogens is 2. The van der Waals surface area contributed by atoms with E-state index in [1.165, 1.54) is 12.1 Å². The summed E-state index contributed by atoms with van der Waals surface area (Å²) in [4.78, 5) is 13.3. The molecule has 1 amide bonds. The fourth-order valence-electron chi connectivity index (χ4n) is 4.23. The Morgan fingerprint density at radius 3 is 2.68 bits per heavy atom. The van der Waals surface area contributed by atoms with Gasteiger partial charge in [-0.1, -0.05) is 26.0 Å². The third kappa shape index (κ3) is 4.27. The average Bonchev–Trinajstić information content (AvgIpc) is 3.01. The zero-order valence-electron chi connectivity index (χ0n) is 17.1. The number of nitrogens with zero attached hydrogens (tertiary/aromatic N) is 2. The van der Waals surface area contributed by atoms with Gasteiger partial charge in [0.25, 0.3) is 0 Å². The summed E-state index contributed by atoms with van der Waals surface area (Å²) < 4.78 is 21.1. The predicted molar refractivity (Wildman–Crippen MR) is 106 cm³/mol. The molecule has 0 radical (unpaired) electrons. The minimum absolute atomic E-state index is 0.0213. The number of rotatable bonds is 7. The highest BCUT2D eigenvalue weighted by Crippen LogP contribution is 2.35. The fraction of sp³-hybridized carbons (Fsp3) is 0.545. The van der Waals surface area contributed by atoms with Crippen LogP contribution >= 0.6 is 0 Å². The van der Waals surface area contributed by atoms with Crippen LogP contribution in [0.2, 0.25) is 0 Å². The van der Waals surface area contributed by atoms with Crippen molar-refractivity contribution in [3.63, 3.8) is 0 Å². The fourth-order valence-corrected chi connectivity index (χ4v) is 4.23. The number of halogens is 1. The molecule has 1 aliphatic heterocycles. The molecule has 1 N–H and O–H groups in total. The van der Waals surface area contributed by atoms with E-state index in [9.17, 15) is 9.18 Å². The lowest BCUT2D eigenvalue weighted by atomic mass is 9.74. The molecule has 0 spiro atoms. The molecule has 2 heterocycles. The summed E-state index contributed by atoms with van der Waals surface area (Å²) in [5.41, 5.74) is 3.59. The van der Waals surface area contributed by atoms with E-state index in [1.807, 2.05) is 17.8 Å². The van der Waals surface area contributed by atoms with Crippen LogP contribution < -0.4 is 5.32 Å². The zero-order chi connectivity index (χ0) is 20.1. The zero-order valence-corrected chi connectivity index (χ0v) is 17.1. The number of benzene rings is 1. The molecule has 1 aliphatic rings. The van der Waals surface area contributed by atoms with Gasteiger partial charge >= 0.3 is 0 Å². The minimum Gasteiger partial charge on any atom is -0.381 e. The highest BCUT2D eigenvalue weighted by Gasteiger charge is 2.40.